The number of nitrogens with two attached hydrogens (primary N) is 2. The number of phenols is 1. The molecule has 0 aromatic heterocycles. The second-order valence-corrected chi connectivity index (χ2v) is 9.31. The average Bonchev–Trinajstić information content (AvgIpc) is 2.99. The van der Waals surface area contributed by atoms with Crippen molar-refractivity contribution in [3.05, 3.63) is 47.5 Å². The van der Waals surface area contributed by atoms with Gasteiger partial charge in [0.05, 0.1) is 40.5 Å². The van der Waals surface area contributed by atoms with Gasteiger partial charge in [0.1, 0.15) is 29.4 Å². The Hall–Kier alpha value is -4.30. The number of ether oxygens (including phenoxy) is 6. The number of carbonyl (C=O) groups excluding carboxylic acids is 2. The molecule has 3 rings (SSSR count). The molecule has 0 amide bonds. The lowest BCUT2D eigenvalue weighted by atomic mass is 9.87. The number of hydrogen-bond acceptors (Lipinski definition) is 13. The minimum Gasteiger partial charge on any atom is -0.502 e. The molecule has 7 N–H and O–H groups in total. The van der Waals surface area contributed by atoms with Crippen molar-refractivity contribution >= 4 is 29.6 Å². The number of benzene rings is 2. The standard InChI is InChI=1S/C29H36N2O11/c1-37-19-9-16(10-20(38-2)25(19)31)6-8-24(33)42-29-18(26(34)28(36)23(14-30)41-29)13-17(32)7-5-15-11-21(39-3)27(35)22(12-15)40-4/h5-12,18,23,26,28-29,34-36H,13-14,30-31H2,1-4H3/b7-5+,8-6+/t18-,23-,26-,28-,29+/m1/s1. The number of aromatic hydroxyl groups is 1. The van der Waals surface area contributed by atoms with Crippen molar-refractivity contribution < 1.29 is 53.3 Å². The number of aliphatic hydroxyl groups excluding tert-OH is 2. The normalized spacial score (nSPS) is 22.2. The van der Waals surface area contributed by atoms with Gasteiger partial charge in [0.25, 0.3) is 0 Å². The summed E-state index contributed by atoms with van der Waals surface area (Å²) in [5.74, 6) is -1.64. The molecular formula is C29H36N2O11. The number of anilines is 1. The number of hydrogen-bond donors (Lipinski definition) is 5. The fourth-order valence-corrected chi connectivity index (χ4v) is 4.39. The Kier molecular flexibility index (Phi) is 11.2. The number of nitrogen functional groups attached to an aromatic ring is 1. The summed E-state index contributed by atoms with van der Waals surface area (Å²) < 4.78 is 31.8. The van der Waals surface area contributed by atoms with E-state index in [0.29, 0.717) is 28.3 Å². The van der Waals surface area contributed by atoms with Crippen LogP contribution in [0.3, 0.4) is 0 Å². The topological polar surface area (TPSA) is 202 Å². The molecule has 1 fully saturated rings. The number of allylic oxidation sites excluding steroid dienone is 1. The molecule has 0 unspecified atom stereocenters. The van der Waals surface area contributed by atoms with E-state index in [1.165, 1.54) is 58.8 Å². The zero-order valence-corrected chi connectivity index (χ0v) is 23.7. The lowest BCUT2D eigenvalue weighted by molar-refractivity contribution is -0.268. The van der Waals surface area contributed by atoms with Gasteiger partial charge in [-0.1, -0.05) is 6.08 Å². The second-order valence-electron chi connectivity index (χ2n) is 9.31. The molecule has 2 aromatic carbocycles. The van der Waals surface area contributed by atoms with Gasteiger partial charge in [-0.05, 0) is 47.5 Å². The molecule has 13 heteroatoms. The summed E-state index contributed by atoms with van der Waals surface area (Å²) in [7, 11) is 5.63. The largest absolute Gasteiger partial charge is 0.502 e. The Morgan fingerprint density at radius 3 is 1.86 bits per heavy atom. The Balaban J connectivity index is 1.78. The van der Waals surface area contributed by atoms with E-state index in [2.05, 4.69) is 0 Å². The smallest absolute Gasteiger partial charge is 0.333 e. The van der Waals surface area contributed by atoms with Crippen LogP contribution in [0.1, 0.15) is 17.5 Å². The van der Waals surface area contributed by atoms with Gasteiger partial charge >= 0.3 is 5.97 Å². The van der Waals surface area contributed by atoms with Crippen LogP contribution in [-0.4, -0.2) is 86.7 Å². The summed E-state index contributed by atoms with van der Waals surface area (Å²) in [6, 6.07) is 6.19. The number of rotatable bonds is 12. The van der Waals surface area contributed by atoms with Crippen molar-refractivity contribution in [2.24, 2.45) is 11.7 Å². The highest BCUT2D eigenvalue weighted by molar-refractivity contribution is 5.94. The summed E-state index contributed by atoms with van der Waals surface area (Å²) in [4.78, 5) is 25.6. The predicted octanol–water partition coefficient (Wildman–Crippen LogP) is 1.26. The monoisotopic (exact) mass is 588 g/mol. The van der Waals surface area contributed by atoms with Crippen LogP contribution in [-0.2, 0) is 19.1 Å². The van der Waals surface area contributed by atoms with Crippen LogP contribution in [0.4, 0.5) is 5.69 Å². The molecule has 2 aromatic rings. The lowest BCUT2D eigenvalue weighted by Crippen LogP contribution is -2.57. The second kappa shape index (κ2) is 14.5. The van der Waals surface area contributed by atoms with E-state index in [1.807, 2.05) is 0 Å². The molecule has 0 aliphatic carbocycles. The minimum absolute atomic E-state index is 0.143. The van der Waals surface area contributed by atoms with Crippen LogP contribution in [0, 0.1) is 5.92 Å². The van der Waals surface area contributed by atoms with Gasteiger partial charge in [0.2, 0.25) is 12.0 Å². The predicted molar refractivity (Wildman–Crippen MR) is 152 cm³/mol. The molecule has 0 spiro atoms. The highest BCUT2D eigenvalue weighted by Crippen LogP contribution is 2.38. The Bertz CT molecular complexity index is 1280. The Morgan fingerprint density at radius 1 is 0.857 bits per heavy atom. The van der Waals surface area contributed by atoms with Gasteiger partial charge in [-0.15, -0.1) is 0 Å². The van der Waals surface area contributed by atoms with Crippen molar-refractivity contribution in [2.45, 2.75) is 31.0 Å². The van der Waals surface area contributed by atoms with Crippen molar-refractivity contribution in [2.75, 3.05) is 40.7 Å². The molecule has 5 atom stereocenters. The molecule has 0 radical (unpaired) electrons. The third kappa shape index (κ3) is 7.50. The van der Waals surface area contributed by atoms with E-state index in [0.717, 1.165) is 6.08 Å². The fraction of sp³-hybridized carbons (Fsp3) is 0.379. The van der Waals surface area contributed by atoms with Crippen molar-refractivity contribution in [1.82, 2.24) is 0 Å². The third-order valence-corrected chi connectivity index (χ3v) is 6.67. The van der Waals surface area contributed by atoms with E-state index in [9.17, 15) is 24.9 Å². The molecule has 1 aliphatic heterocycles. The molecule has 1 aliphatic rings. The van der Waals surface area contributed by atoms with Crippen LogP contribution in [0.2, 0.25) is 0 Å². The number of aliphatic hydroxyl groups is 2. The first-order chi connectivity index (χ1) is 20.1. The number of methoxy groups -OCH3 is 4. The maximum absolute atomic E-state index is 12.9. The molecule has 1 heterocycles. The molecule has 42 heavy (non-hydrogen) atoms. The quantitative estimate of drug-likeness (QED) is 0.135. The van der Waals surface area contributed by atoms with Gasteiger partial charge in [0, 0.05) is 19.0 Å². The third-order valence-electron chi connectivity index (χ3n) is 6.67. The molecule has 0 saturated carbocycles. The molecular weight excluding hydrogens is 552 g/mol. The van der Waals surface area contributed by atoms with Crippen LogP contribution in [0.25, 0.3) is 12.2 Å². The van der Waals surface area contributed by atoms with Gasteiger partial charge < -0.3 is 55.2 Å². The van der Waals surface area contributed by atoms with Crippen LogP contribution >= 0.6 is 0 Å². The minimum atomic E-state index is -1.48. The molecule has 1 saturated heterocycles. The number of carbonyl (C=O) groups is 2. The zero-order chi connectivity index (χ0) is 31.0. The first-order valence-corrected chi connectivity index (χ1v) is 12.8. The fourth-order valence-electron chi connectivity index (χ4n) is 4.39. The number of esters is 1. The first-order valence-electron chi connectivity index (χ1n) is 12.8. The van der Waals surface area contributed by atoms with E-state index in [4.69, 9.17) is 39.9 Å². The van der Waals surface area contributed by atoms with Crippen LogP contribution in [0.15, 0.2) is 36.4 Å². The van der Waals surface area contributed by atoms with Gasteiger partial charge in [-0.3, -0.25) is 4.79 Å². The Labute approximate surface area is 242 Å². The Morgan fingerprint density at radius 2 is 1.36 bits per heavy atom. The highest BCUT2D eigenvalue weighted by Gasteiger charge is 2.46. The molecule has 13 nitrogen and oxygen atoms in total. The van der Waals surface area contributed by atoms with E-state index in [1.54, 1.807) is 12.1 Å². The summed E-state index contributed by atoms with van der Waals surface area (Å²) in [6.07, 6.45) is -0.416. The van der Waals surface area contributed by atoms with E-state index >= 15 is 0 Å². The van der Waals surface area contributed by atoms with Crippen molar-refractivity contribution in [3.63, 3.8) is 0 Å². The number of ketones is 1. The highest BCUT2D eigenvalue weighted by atomic mass is 16.7. The van der Waals surface area contributed by atoms with Crippen molar-refractivity contribution in [3.8, 4) is 28.7 Å². The van der Waals surface area contributed by atoms with Gasteiger partial charge in [-0.2, -0.15) is 0 Å². The average molecular weight is 589 g/mol. The molecule has 228 valence electrons. The summed E-state index contributed by atoms with van der Waals surface area (Å²) >= 11 is 0. The summed E-state index contributed by atoms with van der Waals surface area (Å²) in [5.41, 5.74) is 12.9. The van der Waals surface area contributed by atoms with Crippen LogP contribution in [0.5, 0.6) is 28.7 Å². The van der Waals surface area contributed by atoms with E-state index in [-0.39, 0.29) is 30.2 Å². The maximum Gasteiger partial charge on any atom is 0.333 e. The first kappa shape index (κ1) is 32.2. The SMILES string of the molecule is COc1cc(/C=C/C(=O)O[C@@H]2O[C@H](CN)[C@@H](O)[C@H](O)[C@H]2CC(=O)/C=C/c2cc(OC)c(O)c(OC)c2)cc(OC)c1N. The maximum atomic E-state index is 12.9. The van der Waals surface area contributed by atoms with Gasteiger partial charge in [0.15, 0.2) is 17.3 Å². The van der Waals surface area contributed by atoms with E-state index < -0.39 is 42.3 Å². The van der Waals surface area contributed by atoms with Crippen LogP contribution < -0.4 is 30.4 Å². The summed E-state index contributed by atoms with van der Waals surface area (Å²) in [5, 5.41) is 31.4. The summed E-state index contributed by atoms with van der Waals surface area (Å²) in [6.45, 7) is -0.168. The zero-order valence-electron chi connectivity index (χ0n) is 23.7. The van der Waals surface area contributed by atoms with Crippen molar-refractivity contribution in [1.29, 1.82) is 0 Å². The number of phenolic OH excluding ortho intramolecular Hbond substituents is 1. The lowest BCUT2D eigenvalue weighted by Gasteiger charge is -2.41. The van der Waals surface area contributed by atoms with Gasteiger partial charge in [-0.25, -0.2) is 4.79 Å². The molecule has 0 bridgehead atoms.